The zero-order valence-corrected chi connectivity index (χ0v) is 5.50. The van der Waals surface area contributed by atoms with Crippen LogP contribution in [-0.4, -0.2) is 36.9 Å². The van der Waals surface area contributed by atoms with Crippen molar-refractivity contribution in [3.63, 3.8) is 0 Å². The number of nitrogens with one attached hydrogen (secondary N) is 1. The van der Waals surface area contributed by atoms with Gasteiger partial charge in [0.25, 0.3) is 0 Å². The summed E-state index contributed by atoms with van der Waals surface area (Å²) in [6.07, 6.45) is -1.66. The van der Waals surface area contributed by atoms with Gasteiger partial charge in [0.2, 0.25) is 5.96 Å². The van der Waals surface area contributed by atoms with E-state index >= 15 is 0 Å². The van der Waals surface area contributed by atoms with Crippen LogP contribution in [0.1, 0.15) is 19.2 Å². The summed E-state index contributed by atoms with van der Waals surface area (Å²) in [7, 11) is 0. The monoisotopic (exact) mass is 164 g/mol. The van der Waals surface area contributed by atoms with E-state index in [2.05, 4.69) is 15.3 Å². The average molecular weight is 164 g/mol. The molecule has 0 aromatic carbocycles. The van der Waals surface area contributed by atoms with E-state index in [1.165, 1.54) is 0 Å². The van der Waals surface area contributed by atoms with Gasteiger partial charge in [-0.1, -0.05) is 0 Å². The Kier molecular flexibility index (Phi) is 0.534. The highest BCUT2D eigenvalue weighted by molar-refractivity contribution is 5.99. The Hall–Kier alpha value is -1.26. The lowest BCUT2D eigenvalue weighted by Crippen LogP contribution is -2.47. The molecule has 0 aromatic heterocycles. The van der Waals surface area contributed by atoms with Crippen LogP contribution in [0.25, 0.3) is 0 Å². The maximum Gasteiger partial charge on any atom is 0.202 e. The number of nitrogens with two attached hydrogens (primary N) is 1. The van der Waals surface area contributed by atoms with Gasteiger partial charge in [0.15, 0.2) is 5.96 Å². The van der Waals surface area contributed by atoms with E-state index in [1.54, 1.807) is 0 Å². The van der Waals surface area contributed by atoms with Crippen molar-refractivity contribution in [2.75, 3.05) is 14.0 Å². The summed E-state index contributed by atoms with van der Waals surface area (Å²) in [5, 5.41) is 2.17. The van der Waals surface area contributed by atoms with Gasteiger partial charge in [0, 0.05) is 26.3 Å². The molecular weight excluding hydrogens is 142 g/mol. The highest BCUT2D eigenvalue weighted by atomic mass is 15.4. The van der Waals surface area contributed by atoms with Gasteiger partial charge in [-0.3, -0.25) is 5.32 Å². The molecule has 1 aliphatic rings. The minimum absolute atomic E-state index is 0.0142. The Morgan fingerprint density at radius 3 is 3.09 bits per heavy atom. The normalized spacial score (nSPS) is 38.9. The third-order valence-electron chi connectivity index (χ3n) is 0.958. The van der Waals surface area contributed by atoms with Gasteiger partial charge in [0.1, 0.15) is 6.17 Å². The molecule has 0 saturated carbocycles. The number of guanidine groups is 2. The maximum absolute atomic E-state index is 7.23. The highest BCUT2D eigenvalue weighted by Crippen LogP contribution is 1.97. The molecular formula is C6H13N5. The van der Waals surface area contributed by atoms with Crippen molar-refractivity contribution in [2.24, 2.45) is 15.7 Å². The van der Waals surface area contributed by atoms with Crippen molar-refractivity contribution in [2.45, 2.75) is 13.0 Å². The van der Waals surface area contributed by atoms with Crippen LogP contribution < -0.4 is 11.1 Å². The fourth-order valence-corrected chi connectivity index (χ4v) is 0.569. The van der Waals surface area contributed by atoms with Crippen molar-refractivity contribution < 1.29 is 12.3 Å². The molecule has 5 nitrogen and oxygen atoms in total. The molecule has 5 heteroatoms. The van der Waals surface area contributed by atoms with Crippen molar-refractivity contribution in [3.05, 3.63) is 0 Å². The van der Waals surface area contributed by atoms with Crippen LogP contribution in [0, 0.1) is 0 Å². The summed E-state index contributed by atoms with van der Waals surface area (Å²) < 4.78 is 64.9. The first-order valence-electron chi connectivity index (χ1n) is 7.21. The van der Waals surface area contributed by atoms with E-state index in [0.29, 0.717) is 0 Å². The van der Waals surface area contributed by atoms with Crippen LogP contribution in [0.15, 0.2) is 9.98 Å². The van der Waals surface area contributed by atoms with Crippen molar-refractivity contribution in [1.82, 2.24) is 10.2 Å². The molecule has 11 heavy (non-hydrogen) atoms. The van der Waals surface area contributed by atoms with Gasteiger partial charge in [-0.2, -0.15) is 0 Å². The Morgan fingerprint density at radius 1 is 1.64 bits per heavy atom. The zero-order chi connectivity index (χ0) is 15.9. The number of aliphatic imine (C=N–C) groups is 2. The Morgan fingerprint density at radius 2 is 2.45 bits per heavy atom. The molecule has 1 atom stereocenters. The van der Waals surface area contributed by atoms with Crippen LogP contribution in [0.3, 0.4) is 0 Å². The third kappa shape index (κ3) is 1.83. The lowest BCUT2D eigenvalue weighted by molar-refractivity contribution is 0.581. The van der Waals surface area contributed by atoms with Gasteiger partial charge in [0.05, 0.1) is 0 Å². The molecule has 1 unspecified atom stereocenters. The van der Waals surface area contributed by atoms with Crippen LogP contribution in [0.2, 0.25) is 0 Å². The Balaban J connectivity index is 3.25. The van der Waals surface area contributed by atoms with Gasteiger partial charge in [-0.05, 0) is 6.85 Å². The standard InChI is InChI=1S/C6H13N5/c1-4-8-5(7)10-6(9-4)11(2)3/h4H,1-3H3,(H3,7,8,9,10)/i1D3,2D3,3D3. The second-order valence-corrected chi connectivity index (χ2v) is 1.80. The van der Waals surface area contributed by atoms with Crippen LogP contribution in [0.4, 0.5) is 0 Å². The fourth-order valence-electron chi connectivity index (χ4n) is 0.569. The summed E-state index contributed by atoms with van der Waals surface area (Å²) in [6, 6.07) is 0. The lowest BCUT2D eigenvalue weighted by atomic mass is 10.5. The fraction of sp³-hybridized carbons (Fsp3) is 0.667. The minimum Gasteiger partial charge on any atom is -0.370 e. The highest BCUT2D eigenvalue weighted by Gasteiger charge is 2.11. The first-order valence-corrected chi connectivity index (χ1v) is 2.71. The molecule has 0 spiro atoms. The van der Waals surface area contributed by atoms with Crippen molar-refractivity contribution in [3.8, 4) is 0 Å². The van der Waals surface area contributed by atoms with Gasteiger partial charge in [-0.15, -0.1) is 0 Å². The van der Waals surface area contributed by atoms with Crippen LogP contribution in [0.5, 0.6) is 0 Å². The second-order valence-electron chi connectivity index (χ2n) is 1.80. The van der Waals surface area contributed by atoms with E-state index in [4.69, 9.17) is 18.1 Å². The van der Waals surface area contributed by atoms with E-state index in [-0.39, 0.29) is 4.90 Å². The minimum atomic E-state index is -3.06. The second kappa shape index (κ2) is 2.77. The van der Waals surface area contributed by atoms with Gasteiger partial charge >= 0.3 is 0 Å². The van der Waals surface area contributed by atoms with Crippen LogP contribution >= 0.6 is 0 Å². The molecule has 3 N–H and O–H groups in total. The summed E-state index contributed by atoms with van der Waals surface area (Å²) >= 11 is 0. The summed E-state index contributed by atoms with van der Waals surface area (Å²) in [4.78, 5) is 7.02. The molecule has 62 valence electrons. The van der Waals surface area contributed by atoms with E-state index < -0.39 is 38.9 Å². The molecule has 0 aromatic rings. The molecule has 0 amide bonds. The smallest absolute Gasteiger partial charge is 0.202 e. The largest absolute Gasteiger partial charge is 0.370 e. The van der Waals surface area contributed by atoms with Crippen LogP contribution in [-0.2, 0) is 0 Å². The molecule has 0 saturated heterocycles. The van der Waals surface area contributed by atoms with E-state index in [9.17, 15) is 0 Å². The molecule has 1 rings (SSSR count). The summed E-state index contributed by atoms with van der Waals surface area (Å²) in [5.74, 6) is -1.10. The molecule has 0 radical (unpaired) electrons. The number of hydrogen-bond acceptors (Lipinski definition) is 5. The zero-order valence-electron chi connectivity index (χ0n) is 14.5. The number of hydrogen-bond donors (Lipinski definition) is 2. The SMILES string of the molecule is [2H]C([2H])([2H])C1N=C(N)NC(N(C([2H])([2H])[2H])C([2H])([2H])[2H])=N1. The molecule has 0 aliphatic carbocycles. The quantitative estimate of drug-likeness (QED) is 0.491. The van der Waals surface area contributed by atoms with E-state index in [1.807, 2.05) is 0 Å². The number of rotatable bonds is 0. The Labute approximate surface area is 78.6 Å². The molecule has 0 fully saturated rings. The maximum atomic E-state index is 7.23. The molecule has 1 heterocycles. The first-order chi connectivity index (χ1) is 8.73. The lowest BCUT2D eigenvalue weighted by Gasteiger charge is -2.21. The predicted molar refractivity (Wildman–Crippen MR) is 45.3 cm³/mol. The molecule has 0 bridgehead atoms. The Bertz CT molecular complexity index is 416. The van der Waals surface area contributed by atoms with E-state index in [0.717, 1.165) is 0 Å². The molecule has 1 aliphatic heterocycles. The topological polar surface area (TPSA) is 66.0 Å². The predicted octanol–water partition coefficient (Wildman–Crippen LogP) is -0.832. The average Bonchev–Trinajstić information content (AvgIpc) is 2.09. The van der Waals surface area contributed by atoms with Crippen molar-refractivity contribution in [1.29, 1.82) is 0 Å². The summed E-state index contributed by atoms with van der Waals surface area (Å²) in [6.45, 7) is -8.80. The van der Waals surface area contributed by atoms with Gasteiger partial charge < -0.3 is 10.6 Å². The summed E-state index contributed by atoms with van der Waals surface area (Å²) in [5.41, 5.74) is 5.35. The third-order valence-corrected chi connectivity index (χ3v) is 0.958. The van der Waals surface area contributed by atoms with Gasteiger partial charge in [-0.25, -0.2) is 9.98 Å². The van der Waals surface area contributed by atoms with Crippen molar-refractivity contribution >= 4 is 11.9 Å². The first kappa shape index (κ1) is 2.12. The number of nitrogens with zero attached hydrogens (tertiary/aromatic N) is 3.